The lowest BCUT2D eigenvalue weighted by Gasteiger charge is -2.27. The lowest BCUT2D eigenvalue weighted by Crippen LogP contribution is -3.11. The number of nitrogens with one attached hydrogen (secondary N) is 1. The highest BCUT2D eigenvalue weighted by atomic mass is 35.5. The molecular formula is C31H27Cl7N2O. The molecule has 0 aromatic heterocycles. The Kier molecular flexibility index (Phi) is 12.0. The fraction of sp³-hybridized carbons (Fsp3) is 0.226. The maximum atomic E-state index is 6.65. The van der Waals surface area contributed by atoms with Crippen LogP contribution in [0.5, 0.6) is 0 Å². The number of ether oxygens (including phenoxy) is 1. The van der Waals surface area contributed by atoms with Gasteiger partial charge in [0, 0.05) is 53.4 Å². The third-order valence-electron chi connectivity index (χ3n) is 7.18. The average molecular weight is 692 g/mol. The summed E-state index contributed by atoms with van der Waals surface area (Å²) in [5.41, 5.74) is 4.15. The maximum Gasteiger partial charge on any atom is 0.140 e. The fourth-order valence-corrected chi connectivity index (χ4v) is 6.43. The van der Waals surface area contributed by atoms with E-state index in [1.807, 2.05) is 48.5 Å². The monoisotopic (exact) mass is 688 g/mol. The molecule has 216 valence electrons. The second kappa shape index (κ2) is 15.0. The van der Waals surface area contributed by atoms with Crippen molar-refractivity contribution in [3.63, 3.8) is 0 Å². The van der Waals surface area contributed by atoms with Gasteiger partial charge in [0.1, 0.15) is 12.7 Å². The molecule has 1 aliphatic heterocycles. The quantitative estimate of drug-likeness (QED) is 0.239. The van der Waals surface area contributed by atoms with Crippen molar-refractivity contribution in [2.45, 2.75) is 18.8 Å². The second-order valence-electron chi connectivity index (χ2n) is 9.88. The van der Waals surface area contributed by atoms with Crippen LogP contribution in [-0.2, 0) is 11.3 Å². The summed E-state index contributed by atoms with van der Waals surface area (Å²) >= 11 is 37.8. The summed E-state index contributed by atoms with van der Waals surface area (Å²) in [5, 5.41) is 3.75. The minimum atomic E-state index is -0.291. The van der Waals surface area contributed by atoms with Crippen molar-refractivity contribution < 1.29 is 22.0 Å². The van der Waals surface area contributed by atoms with Crippen LogP contribution in [0.3, 0.4) is 0 Å². The van der Waals surface area contributed by atoms with Crippen molar-refractivity contribution >= 4 is 69.6 Å². The average Bonchev–Trinajstić information content (AvgIpc) is 3.38. The topological polar surface area (TPSA) is 16.9 Å². The summed E-state index contributed by atoms with van der Waals surface area (Å²) < 4.78 is 6.47. The zero-order valence-electron chi connectivity index (χ0n) is 21.8. The Morgan fingerprint density at radius 3 is 1.78 bits per heavy atom. The predicted molar refractivity (Wildman–Crippen MR) is 167 cm³/mol. The minimum absolute atomic E-state index is 0. The molecule has 0 radical (unpaired) electrons. The van der Waals surface area contributed by atoms with Gasteiger partial charge in [-0.1, -0.05) is 106 Å². The van der Waals surface area contributed by atoms with Crippen LogP contribution >= 0.6 is 69.6 Å². The Hall–Kier alpha value is -1.21. The number of benzene rings is 4. The molecule has 1 heterocycles. The number of quaternary nitrogens is 1. The maximum absolute atomic E-state index is 6.65. The summed E-state index contributed by atoms with van der Waals surface area (Å²) in [6.45, 7) is 3.66. The van der Waals surface area contributed by atoms with Gasteiger partial charge in [-0.05, 0) is 54.1 Å². The molecule has 0 saturated carbocycles. The Morgan fingerprint density at radius 2 is 1.22 bits per heavy atom. The molecule has 2 unspecified atom stereocenters. The summed E-state index contributed by atoms with van der Waals surface area (Å²) in [6.07, 6.45) is -0.291. The molecule has 1 fully saturated rings. The minimum Gasteiger partial charge on any atom is -1.00 e. The molecule has 2 atom stereocenters. The number of hydrogen-bond acceptors (Lipinski definition) is 2. The SMILES string of the molecule is Clc1ccc(C(c2ccc(Cl)cc2)[NH+]2CCN(CC(OCc3ccc(Cl)cc3Cl)c3ccc(Cl)cc3Cl)C2)cc1.[Cl-]. The van der Waals surface area contributed by atoms with Crippen LogP contribution in [0.15, 0.2) is 84.9 Å². The molecule has 1 saturated heterocycles. The first-order valence-corrected chi connectivity index (χ1v) is 15.1. The number of nitrogens with zero attached hydrogens (tertiary/aromatic N) is 1. The lowest BCUT2D eigenvalue weighted by molar-refractivity contribution is -0.918. The first-order valence-electron chi connectivity index (χ1n) is 12.8. The van der Waals surface area contributed by atoms with Crippen LogP contribution in [0.1, 0.15) is 34.4 Å². The third-order valence-corrected chi connectivity index (χ3v) is 8.83. The van der Waals surface area contributed by atoms with Gasteiger partial charge >= 0.3 is 0 Å². The third kappa shape index (κ3) is 8.46. The highest BCUT2D eigenvalue weighted by Gasteiger charge is 2.34. The Labute approximate surface area is 277 Å². The molecule has 10 heteroatoms. The predicted octanol–water partition coefficient (Wildman–Crippen LogP) is 5.82. The molecule has 0 bridgehead atoms. The highest BCUT2D eigenvalue weighted by molar-refractivity contribution is 6.35. The number of hydrogen-bond donors (Lipinski definition) is 1. The van der Waals surface area contributed by atoms with Gasteiger partial charge in [0.15, 0.2) is 0 Å². The standard InChI is InChI=1S/C31H26Cl6N2O.ClH/c32-23-6-1-20(2-7-23)31(21-3-8-24(33)9-4-21)39-14-13-38(19-39)17-30(27-12-11-26(35)16-29(27)37)40-18-22-5-10-25(34)15-28(22)36;/h1-12,15-16,30-31H,13-14,17-19H2;1H. The molecule has 41 heavy (non-hydrogen) atoms. The van der Waals surface area contributed by atoms with Gasteiger partial charge in [-0.3, -0.25) is 0 Å². The van der Waals surface area contributed by atoms with Gasteiger partial charge in [-0.2, -0.15) is 0 Å². The van der Waals surface area contributed by atoms with Crippen LogP contribution in [0, 0.1) is 0 Å². The van der Waals surface area contributed by atoms with E-state index in [1.165, 1.54) is 16.0 Å². The van der Waals surface area contributed by atoms with Crippen molar-refractivity contribution in [2.75, 3.05) is 26.3 Å². The molecule has 0 spiro atoms. The van der Waals surface area contributed by atoms with E-state index in [-0.39, 0.29) is 24.6 Å². The van der Waals surface area contributed by atoms with Gasteiger partial charge in [0.2, 0.25) is 0 Å². The van der Waals surface area contributed by atoms with E-state index in [2.05, 4.69) is 29.2 Å². The highest BCUT2D eigenvalue weighted by Crippen LogP contribution is 2.32. The fourth-order valence-electron chi connectivity index (χ4n) is 5.18. The van der Waals surface area contributed by atoms with Gasteiger partial charge in [0.05, 0.1) is 25.8 Å². The molecule has 4 aromatic rings. The second-order valence-corrected chi connectivity index (χ2v) is 12.4. The summed E-state index contributed by atoms with van der Waals surface area (Å²) in [5.74, 6) is 0. The Balaban J connectivity index is 0.00000387. The number of rotatable bonds is 9. The van der Waals surface area contributed by atoms with E-state index in [0.717, 1.165) is 40.9 Å². The summed E-state index contributed by atoms with van der Waals surface area (Å²) in [7, 11) is 0. The Morgan fingerprint density at radius 1 is 0.683 bits per heavy atom. The molecule has 5 rings (SSSR count). The largest absolute Gasteiger partial charge is 1.00 e. The zero-order valence-corrected chi connectivity index (χ0v) is 27.1. The zero-order chi connectivity index (χ0) is 28.2. The van der Waals surface area contributed by atoms with Crippen LogP contribution in [0.2, 0.25) is 30.1 Å². The van der Waals surface area contributed by atoms with Crippen LogP contribution in [0.4, 0.5) is 0 Å². The Bertz CT molecular complexity index is 1400. The molecule has 0 amide bonds. The van der Waals surface area contributed by atoms with Gasteiger partial charge in [-0.25, -0.2) is 4.90 Å². The van der Waals surface area contributed by atoms with Crippen LogP contribution in [0.25, 0.3) is 0 Å². The van der Waals surface area contributed by atoms with E-state index >= 15 is 0 Å². The van der Waals surface area contributed by atoms with Crippen molar-refractivity contribution in [3.8, 4) is 0 Å². The van der Waals surface area contributed by atoms with Crippen molar-refractivity contribution in [1.82, 2.24) is 4.90 Å². The van der Waals surface area contributed by atoms with Gasteiger partial charge in [0.25, 0.3) is 0 Å². The summed E-state index contributed by atoms with van der Waals surface area (Å²) in [4.78, 5) is 3.83. The van der Waals surface area contributed by atoms with Gasteiger partial charge in [-0.15, -0.1) is 0 Å². The number of halogens is 7. The van der Waals surface area contributed by atoms with Crippen molar-refractivity contribution in [3.05, 3.63) is 137 Å². The molecule has 1 N–H and O–H groups in total. The van der Waals surface area contributed by atoms with Crippen molar-refractivity contribution in [2.24, 2.45) is 0 Å². The van der Waals surface area contributed by atoms with E-state index in [0.29, 0.717) is 33.2 Å². The van der Waals surface area contributed by atoms with Crippen molar-refractivity contribution in [1.29, 1.82) is 0 Å². The smallest absolute Gasteiger partial charge is 0.140 e. The molecule has 3 nitrogen and oxygen atoms in total. The molecule has 0 aliphatic carbocycles. The van der Waals surface area contributed by atoms with E-state index in [1.54, 1.807) is 12.1 Å². The summed E-state index contributed by atoms with van der Waals surface area (Å²) in [6, 6.07) is 27.3. The lowest BCUT2D eigenvalue weighted by atomic mass is 9.97. The first kappa shape index (κ1) is 32.7. The van der Waals surface area contributed by atoms with E-state index in [4.69, 9.17) is 74.3 Å². The van der Waals surface area contributed by atoms with E-state index < -0.39 is 0 Å². The van der Waals surface area contributed by atoms with E-state index in [9.17, 15) is 0 Å². The molecule has 4 aromatic carbocycles. The molecular weight excluding hydrogens is 665 g/mol. The molecule has 1 aliphatic rings. The van der Waals surface area contributed by atoms with Crippen LogP contribution < -0.4 is 17.3 Å². The first-order chi connectivity index (χ1) is 19.3. The normalized spacial score (nSPS) is 16.1. The van der Waals surface area contributed by atoms with Crippen LogP contribution in [-0.4, -0.2) is 31.2 Å². The van der Waals surface area contributed by atoms with Gasteiger partial charge < -0.3 is 22.0 Å².